The second-order valence-electron chi connectivity index (χ2n) is 0.530. The minimum atomic E-state index is -1.44. The second-order valence-corrected chi connectivity index (χ2v) is 0.530. The molecule has 0 heterocycles. The summed E-state index contributed by atoms with van der Waals surface area (Å²) in [4.78, 5) is 9.01. The number of aliphatic hydroxyl groups excluding tert-OH is 1. The Morgan fingerprint density at radius 2 is 1.86 bits per heavy atom. The molecule has 0 bridgehead atoms. The Hall–Kier alpha value is 0.495. The van der Waals surface area contributed by atoms with Gasteiger partial charge < -0.3 is 15.0 Å². The van der Waals surface area contributed by atoms with Crippen molar-refractivity contribution in [2.24, 2.45) is 0 Å². The summed E-state index contributed by atoms with van der Waals surface area (Å²) >= 11 is 0. The van der Waals surface area contributed by atoms with E-state index in [1.807, 2.05) is 0 Å². The van der Waals surface area contributed by atoms with E-state index >= 15 is 0 Å². The van der Waals surface area contributed by atoms with Crippen LogP contribution < -0.4 is 34.7 Å². The smallest absolute Gasteiger partial charge is 0.548 e. The number of carboxylic acid groups (broad SMARTS) is 1. The molecule has 0 rings (SSSR count). The van der Waals surface area contributed by atoms with E-state index in [2.05, 4.69) is 0 Å². The molecule has 5 heteroatoms. The number of carbonyl (C=O) groups excluding carboxylic acids is 1. The van der Waals surface area contributed by atoms with Gasteiger partial charge in [0, 0.05) is 8.41 Å². The van der Waals surface area contributed by atoms with Gasteiger partial charge in [0.15, 0.2) is 0 Å². The van der Waals surface area contributed by atoms with Gasteiger partial charge in [0.2, 0.25) is 0 Å². The van der Waals surface area contributed by atoms with E-state index in [4.69, 9.17) is 15.0 Å². The molecule has 3 nitrogen and oxygen atoms in total. The molecule has 0 amide bonds. The molecule has 33 valence electrons. The fourth-order valence-corrected chi connectivity index (χ4v) is 0. The number of hydrogen-bond donors (Lipinski definition) is 1. The third-order valence-electron chi connectivity index (χ3n) is 0.129. The maximum absolute atomic E-state index is 9.01. The Morgan fingerprint density at radius 3 is 1.86 bits per heavy atom. The SMILES string of the molecule is O=C([O-])CO.[B].[Na+]. The van der Waals surface area contributed by atoms with Crippen molar-refractivity contribution in [1.29, 1.82) is 0 Å². The number of carboxylic acids is 1. The van der Waals surface area contributed by atoms with Gasteiger partial charge in [-0.2, -0.15) is 0 Å². The molecule has 0 fully saturated rings. The minimum absolute atomic E-state index is 0. The van der Waals surface area contributed by atoms with Crippen LogP contribution in [0.1, 0.15) is 0 Å². The molecule has 0 saturated heterocycles. The summed E-state index contributed by atoms with van der Waals surface area (Å²) in [6.45, 7) is -0.889. The van der Waals surface area contributed by atoms with Crippen molar-refractivity contribution in [3.8, 4) is 0 Å². The first-order valence-corrected chi connectivity index (χ1v) is 1.08. The Morgan fingerprint density at radius 1 is 1.71 bits per heavy atom. The zero-order chi connectivity index (χ0) is 4.28. The van der Waals surface area contributed by atoms with Crippen LogP contribution in [0.4, 0.5) is 0 Å². The summed E-state index contributed by atoms with van der Waals surface area (Å²) < 4.78 is 0. The van der Waals surface area contributed by atoms with Gasteiger partial charge in [0.05, 0.1) is 12.6 Å². The fourth-order valence-electron chi connectivity index (χ4n) is 0. The normalized spacial score (nSPS) is 5.29. The van der Waals surface area contributed by atoms with Crippen molar-refractivity contribution in [1.82, 2.24) is 0 Å². The molecule has 0 saturated carbocycles. The predicted molar refractivity (Wildman–Crippen MR) is 17.8 cm³/mol. The monoisotopic (exact) mass is 109 g/mol. The molecule has 0 atom stereocenters. The van der Waals surface area contributed by atoms with Crippen molar-refractivity contribution in [3.05, 3.63) is 0 Å². The first kappa shape index (κ1) is 15.6. The topological polar surface area (TPSA) is 60.4 Å². The van der Waals surface area contributed by atoms with E-state index in [1.165, 1.54) is 0 Å². The Balaban J connectivity index is -0.0000000800. The van der Waals surface area contributed by atoms with Crippen molar-refractivity contribution >= 4 is 14.4 Å². The van der Waals surface area contributed by atoms with E-state index in [9.17, 15) is 0 Å². The second kappa shape index (κ2) is 9.71. The van der Waals surface area contributed by atoms with Gasteiger partial charge in [-0.05, 0) is 0 Å². The van der Waals surface area contributed by atoms with Crippen LogP contribution in [0.2, 0.25) is 0 Å². The molecule has 0 aliphatic carbocycles. The van der Waals surface area contributed by atoms with Crippen molar-refractivity contribution in [2.45, 2.75) is 0 Å². The summed E-state index contributed by atoms with van der Waals surface area (Å²) in [5.41, 5.74) is 0. The van der Waals surface area contributed by atoms with Crippen LogP contribution in [0.5, 0.6) is 0 Å². The van der Waals surface area contributed by atoms with Gasteiger partial charge in [-0.3, -0.25) is 0 Å². The number of hydrogen-bond acceptors (Lipinski definition) is 3. The van der Waals surface area contributed by atoms with Crippen LogP contribution in [0, 0.1) is 0 Å². The summed E-state index contributed by atoms with van der Waals surface area (Å²) in [7, 11) is 0. The van der Waals surface area contributed by atoms with E-state index in [-0.39, 0.29) is 38.0 Å². The van der Waals surface area contributed by atoms with Crippen LogP contribution in [0.25, 0.3) is 0 Å². The van der Waals surface area contributed by atoms with Crippen LogP contribution >= 0.6 is 0 Å². The van der Waals surface area contributed by atoms with Gasteiger partial charge in [-0.15, -0.1) is 0 Å². The molecule has 0 aromatic rings. The molecule has 0 aliphatic heterocycles. The van der Waals surface area contributed by atoms with Crippen molar-refractivity contribution in [3.63, 3.8) is 0 Å². The van der Waals surface area contributed by atoms with Crippen LogP contribution in [0.3, 0.4) is 0 Å². The predicted octanol–water partition coefficient (Wildman–Crippen LogP) is -5.65. The van der Waals surface area contributed by atoms with Gasteiger partial charge in [0.25, 0.3) is 0 Å². The molecular formula is C2H3BNaO3. The maximum Gasteiger partial charge on any atom is 1.00 e. The molecule has 3 radical (unpaired) electrons. The van der Waals surface area contributed by atoms with Crippen molar-refractivity contribution in [2.75, 3.05) is 6.61 Å². The molecule has 7 heavy (non-hydrogen) atoms. The van der Waals surface area contributed by atoms with Gasteiger partial charge in [-0.1, -0.05) is 0 Å². The molecule has 0 spiro atoms. The average molecular weight is 109 g/mol. The quantitative estimate of drug-likeness (QED) is 0.341. The fraction of sp³-hybridized carbons (Fsp3) is 0.500. The first-order valence-electron chi connectivity index (χ1n) is 1.08. The molecular weight excluding hydrogens is 106 g/mol. The van der Waals surface area contributed by atoms with E-state index in [1.54, 1.807) is 0 Å². The molecule has 0 aromatic carbocycles. The Kier molecular flexibility index (Phi) is 21.7. The molecule has 0 aliphatic rings. The standard InChI is InChI=1S/C2H4O3.B.Na/c3-1-2(4)5;;/h3H,1H2,(H,4,5);;/q;;+1/p-1. The van der Waals surface area contributed by atoms with Crippen LogP contribution in [0.15, 0.2) is 0 Å². The van der Waals surface area contributed by atoms with Crippen LogP contribution in [-0.4, -0.2) is 26.1 Å². The Bertz CT molecular complexity index is 48.2. The molecule has 1 N–H and O–H groups in total. The summed E-state index contributed by atoms with van der Waals surface area (Å²) in [5.74, 6) is -1.44. The third kappa shape index (κ3) is 21.1. The minimum Gasteiger partial charge on any atom is -0.548 e. The molecule has 0 aromatic heterocycles. The van der Waals surface area contributed by atoms with Gasteiger partial charge >= 0.3 is 29.6 Å². The largest absolute Gasteiger partial charge is 1.00 e. The zero-order valence-corrected chi connectivity index (χ0v) is 6.05. The molecule has 0 unspecified atom stereocenters. The number of aliphatic carboxylic acids is 1. The van der Waals surface area contributed by atoms with Crippen LogP contribution in [-0.2, 0) is 4.79 Å². The first-order chi connectivity index (χ1) is 2.27. The number of rotatable bonds is 1. The van der Waals surface area contributed by atoms with E-state index in [0.717, 1.165) is 0 Å². The number of aliphatic hydroxyl groups is 1. The van der Waals surface area contributed by atoms with E-state index in [0.29, 0.717) is 0 Å². The third-order valence-corrected chi connectivity index (χ3v) is 0.129. The maximum atomic E-state index is 9.01. The zero-order valence-electron chi connectivity index (χ0n) is 4.05. The average Bonchev–Trinajstić information content (AvgIpc) is 1.38. The summed E-state index contributed by atoms with van der Waals surface area (Å²) in [5, 5.41) is 16.5. The summed E-state index contributed by atoms with van der Waals surface area (Å²) in [6.07, 6.45) is 0. The van der Waals surface area contributed by atoms with Gasteiger partial charge in [0.1, 0.15) is 0 Å². The van der Waals surface area contributed by atoms with E-state index < -0.39 is 12.6 Å². The van der Waals surface area contributed by atoms with Gasteiger partial charge in [-0.25, -0.2) is 0 Å². The number of carbonyl (C=O) groups is 1. The van der Waals surface area contributed by atoms with Crippen molar-refractivity contribution < 1.29 is 44.6 Å². The summed E-state index contributed by atoms with van der Waals surface area (Å²) in [6, 6.07) is 0. The Labute approximate surface area is 65.6 Å².